The molecule has 1 aromatic heterocycles. The lowest BCUT2D eigenvalue weighted by Gasteiger charge is -2.08. The van der Waals surface area contributed by atoms with Crippen molar-refractivity contribution < 1.29 is 4.39 Å². The normalized spacial score (nSPS) is 10.8. The van der Waals surface area contributed by atoms with E-state index in [0.717, 1.165) is 22.2 Å². The molecule has 3 nitrogen and oxygen atoms in total. The van der Waals surface area contributed by atoms with E-state index in [1.165, 1.54) is 6.07 Å². The minimum atomic E-state index is -0.249. The van der Waals surface area contributed by atoms with E-state index in [1.807, 2.05) is 24.3 Å². The number of rotatable bonds is 3. The van der Waals surface area contributed by atoms with E-state index < -0.39 is 0 Å². The summed E-state index contributed by atoms with van der Waals surface area (Å²) in [6.07, 6.45) is 1.78. The predicted octanol–water partition coefficient (Wildman–Crippen LogP) is 4.08. The average molecular weight is 320 g/mol. The second-order valence-corrected chi connectivity index (χ2v) is 5.09. The lowest BCUT2D eigenvalue weighted by Crippen LogP contribution is -2.00. The summed E-state index contributed by atoms with van der Waals surface area (Å²) in [5.74, 6) is -0.249. The average Bonchev–Trinajstić information content (AvgIpc) is 2.89. The lowest BCUT2D eigenvalue weighted by molar-refractivity contribution is 0.619. The molecule has 0 unspecified atom stereocenters. The van der Waals surface area contributed by atoms with Crippen LogP contribution in [-0.2, 0) is 6.54 Å². The van der Waals surface area contributed by atoms with Gasteiger partial charge in [-0.3, -0.25) is 5.10 Å². The van der Waals surface area contributed by atoms with E-state index in [0.29, 0.717) is 11.0 Å². The van der Waals surface area contributed by atoms with Crippen LogP contribution in [0.1, 0.15) is 5.56 Å². The molecular formula is C14H11BrFN3. The SMILES string of the molecule is Fc1cc(CNc2cccc3[nH]ncc23)ccc1Br. The highest BCUT2D eigenvalue weighted by atomic mass is 79.9. The number of nitrogens with one attached hydrogen (secondary N) is 2. The topological polar surface area (TPSA) is 40.7 Å². The molecule has 3 aromatic rings. The van der Waals surface area contributed by atoms with Crippen molar-refractivity contribution in [3.63, 3.8) is 0 Å². The Labute approximate surface area is 118 Å². The van der Waals surface area contributed by atoms with Gasteiger partial charge in [0.1, 0.15) is 5.82 Å². The Balaban J connectivity index is 1.82. The number of anilines is 1. The lowest BCUT2D eigenvalue weighted by atomic mass is 10.2. The molecule has 0 bridgehead atoms. The van der Waals surface area contributed by atoms with Gasteiger partial charge in [-0.05, 0) is 45.8 Å². The maximum atomic E-state index is 13.4. The molecule has 2 aromatic carbocycles. The number of halogens is 2. The molecular weight excluding hydrogens is 309 g/mol. The van der Waals surface area contributed by atoms with Crippen LogP contribution in [-0.4, -0.2) is 10.2 Å². The Kier molecular flexibility index (Phi) is 3.21. The number of benzene rings is 2. The molecule has 0 radical (unpaired) electrons. The van der Waals surface area contributed by atoms with E-state index in [9.17, 15) is 4.39 Å². The van der Waals surface area contributed by atoms with Gasteiger partial charge in [0, 0.05) is 17.6 Å². The van der Waals surface area contributed by atoms with E-state index in [4.69, 9.17) is 0 Å². The van der Waals surface area contributed by atoms with Crippen LogP contribution in [0.25, 0.3) is 10.9 Å². The van der Waals surface area contributed by atoms with Gasteiger partial charge in [0.15, 0.2) is 0 Å². The van der Waals surface area contributed by atoms with E-state index >= 15 is 0 Å². The number of nitrogens with zero attached hydrogens (tertiary/aromatic N) is 1. The Morgan fingerprint density at radius 2 is 2.16 bits per heavy atom. The Hall–Kier alpha value is -1.88. The molecule has 3 rings (SSSR count). The largest absolute Gasteiger partial charge is 0.380 e. The standard InChI is InChI=1S/C14H11BrFN3/c15-11-5-4-9(6-12(11)16)7-17-13-2-1-3-14-10(13)8-18-19-14/h1-6,8,17H,7H2,(H,18,19). The summed E-state index contributed by atoms with van der Waals surface area (Å²) in [5, 5.41) is 11.3. The minimum absolute atomic E-state index is 0.249. The van der Waals surface area contributed by atoms with Crippen LogP contribution in [0.2, 0.25) is 0 Å². The van der Waals surface area contributed by atoms with Crippen molar-refractivity contribution in [3.05, 3.63) is 58.4 Å². The Bertz CT molecular complexity index is 724. The van der Waals surface area contributed by atoms with Crippen molar-refractivity contribution >= 4 is 32.5 Å². The van der Waals surface area contributed by atoms with Crippen molar-refractivity contribution in [2.75, 3.05) is 5.32 Å². The van der Waals surface area contributed by atoms with Gasteiger partial charge in [-0.1, -0.05) is 12.1 Å². The summed E-state index contributed by atoms with van der Waals surface area (Å²) in [6, 6.07) is 11.0. The van der Waals surface area contributed by atoms with Crippen molar-refractivity contribution in [1.82, 2.24) is 10.2 Å². The van der Waals surface area contributed by atoms with Gasteiger partial charge < -0.3 is 5.32 Å². The molecule has 0 spiro atoms. The van der Waals surface area contributed by atoms with Crippen LogP contribution in [0.3, 0.4) is 0 Å². The number of hydrogen-bond donors (Lipinski definition) is 2. The maximum Gasteiger partial charge on any atom is 0.137 e. The third-order valence-electron chi connectivity index (χ3n) is 2.95. The van der Waals surface area contributed by atoms with Crippen molar-refractivity contribution in [2.24, 2.45) is 0 Å². The van der Waals surface area contributed by atoms with Crippen molar-refractivity contribution in [3.8, 4) is 0 Å². The summed E-state index contributed by atoms with van der Waals surface area (Å²) in [4.78, 5) is 0. The van der Waals surface area contributed by atoms with Gasteiger partial charge in [-0.25, -0.2) is 4.39 Å². The summed E-state index contributed by atoms with van der Waals surface area (Å²) in [7, 11) is 0. The van der Waals surface area contributed by atoms with Crippen LogP contribution in [0, 0.1) is 5.82 Å². The monoisotopic (exact) mass is 319 g/mol. The van der Waals surface area contributed by atoms with Crippen molar-refractivity contribution in [2.45, 2.75) is 6.54 Å². The summed E-state index contributed by atoms with van der Waals surface area (Å²) < 4.78 is 13.9. The molecule has 5 heteroatoms. The molecule has 0 saturated heterocycles. The van der Waals surface area contributed by atoms with E-state index in [-0.39, 0.29) is 5.82 Å². The van der Waals surface area contributed by atoms with E-state index in [1.54, 1.807) is 12.3 Å². The minimum Gasteiger partial charge on any atom is -0.380 e. The van der Waals surface area contributed by atoms with Gasteiger partial charge in [0.25, 0.3) is 0 Å². The number of aromatic nitrogens is 2. The first kappa shape index (κ1) is 12.2. The third kappa shape index (κ3) is 2.46. The molecule has 0 aliphatic rings. The Morgan fingerprint density at radius 1 is 1.26 bits per heavy atom. The molecule has 0 fully saturated rings. The molecule has 0 saturated carbocycles. The highest BCUT2D eigenvalue weighted by molar-refractivity contribution is 9.10. The van der Waals surface area contributed by atoms with Crippen LogP contribution in [0.15, 0.2) is 47.1 Å². The molecule has 96 valence electrons. The van der Waals surface area contributed by atoms with Crippen LogP contribution in [0.4, 0.5) is 10.1 Å². The summed E-state index contributed by atoms with van der Waals surface area (Å²) in [6.45, 7) is 0.564. The predicted molar refractivity (Wildman–Crippen MR) is 77.5 cm³/mol. The van der Waals surface area contributed by atoms with Gasteiger partial charge >= 0.3 is 0 Å². The zero-order chi connectivity index (χ0) is 13.2. The molecule has 2 N–H and O–H groups in total. The molecule has 19 heavy (non-hydrogen) atoms. The van der Waals surface area contributed by atoms with Crippen LogP contribution >= 0.6 is 15.9 Å². The fourth-order valence-electron chi connectivity index (χ4n) is 1.97. The number of aromatic amines is 1. The highest BCUT2D eigenvalue weighted by Crippen LogP contribution is 2.22. The zero-order valence-corrected chi connectivity index (χ0v) is 11.5. The molecule has 0 amide bonds. The molecule has 0 aliphatic carbocycles. The van der Waals surface area contributed by atoms with Gasteiger partial charge in [-0.2, -0.15) is 5.10 Å². The fourth-order valence-corrected chi connectivity index (χ4v) is 2.22. The number of hydrogen-bond acceptors (Lipinski definition) is 2. The molecule has 0 atom stereocenters. The van der Waals surface area contributed by atoms with Crippen molar-refractivity contribution in [1.29, 1.82) is 0 Å². The van der Waals surface area contributed by atoms with Gasteiger partial charge in [0.05, 0.1) is 16.2 Å². The molecule has 1 heterocycles. The first-order valence-corrected chi connectivity index (χ1v) is 6.63. The van der Waals surface area contributed by atoms with Gasteiger partial charge in [0.2, 0.25) is 0 Å². The maximum absolute atomic E-state index is 13.4. The van der Waals surface area contributed by atoms with Crippen LogP contribution in [0.5, 0.6) is 0 Å². The first-order chi connectivity index (χ1) is 9.24. The van der Waals surface area contributed by atoms with Crippen LogP contribution < -0.4 is 5.32 Å². The highest BCUT2D eigenvalue weighted by Gasteiger charge is 2.04. The summed E-state index contributed by atoms with van der Waals surface area (Å²) in [5.41, 5.74) is 2.85. The Morgan fingerprint density at radius 3 is 3.00 bits per heavy atom. The number of fused-ring (bicyclic) bond motifs is 1. The van der Waals surface area contributed by atoms with E-state index in [2.05, 4.69) is 31.4 Å². The third-order valence-corrected chi connectivity index (χ3v) is 3.59. The van der Waals surface area contributed by atoms with Gasteiger partial charge in [-0.15, -0.1) is 0 Å². The summed E-state index contributed by atoms with van der Waals surface area (Å²) >= 11 is 3.14. The smallest absolute Gasteiger partial charge is 0.137 e. The first-order valence-electron chi connectivity index (χ1n) is 5.84. The quantitative estimate of drug-likeness (QED) is 0.763. The molecule has 0 aliphatic heterocycles. The number of H-pyrrole nitrogens is 1. The zero-order valence-electron chi connectivity index (χ0n) is 9.95. The second-order valence-electron chi connectivity index (χ2n) is 4.24. The fraction of sp³-hybridized carbons (Fsp3) is 0.0714. The second kappa shape index (κ2) is 5.01.